The number of Topliss-reactive ketones (excluding diaryl/α,β-unsaturated/α-hetero) is 1. The van der Waals surface area contributed by atoms with E-state index in [9.17, 15) is 22.5 Å². The van der Waals surface area contributed by atoms with Crippen LogP contribution in [0.25, 0.3) is 0 Å². The Bertz CT molecular complexity index is 315. The number of alkyl halides is 3. The molecule has 0 bridgehead atoms. The maximum atomic E-state index is 12.8. The summed E-state index contributed by atoms with van der Waals surface area (Å²) in [5.74, 6) is -3.37. The fourth-order valence-electron chi connectivity index (χ4n) is 1.54. The van der Waals surface area contributed by atoms with Crippen molar-refractivity contribution in [3.05, 3.63) is 0 Å². The minimum absolute atomic E-state index is 0.250. The van der Waals surface area contributed by atoms with Gasteiger partial charge in [-0.3, -0.25) is 13.9 Å². The standard InChI is InChI=1S/C10H18F3O4P/c1-4-5-6-7(10(11,12)13)8(14)9(2,3)17-18(15)16/h7,18H,4-6H2,1-3H3,(H,15,16). The second-order valence-corrected chi connectivity index (χ2v) is 5.21. The first-order chi connectivity index (χ1) is 8.02. The Morgan fingerprint density at radius 3 is 2.22 bits per heavy atom. The van der Waals surface area contributed by atoms with Crippen LogP contribution >= 0.6 is 8.25 Å². The average Bonchev–Trinajstić information content (AvgIpc) is 2.13. The van der Waals surface area contributed by atoms with Gasteiger partial charge in [-0.05, 0) is 20.3 Å². The van der Waals surface area contributed by atoms with Gasteiger partial charge in [-0.15, -0.1) is 0 Å². The highest BCUT2D eigenvalue weighted by Crippen LogP contribution is 2.37. The summed E-state index contributed by atoms with van der Waals surface area (Å²) in [6.45, 7) is 3.85. The summed E-state index contributed by atoms with van der Waals surface area (Å²) in [5.41, 5.74) is -1.92. The Labute approximate surface area is 104 Å². The summed E-state index contributed by atoms with van der Waals surface area (Å²) in [7, 11) is -3.47. The van der Waals surface area contributed by atoms with Crippen molar-refractivity contribution in [1.29, 1.82) is 0 Å². The van der Waals surface area contributed by atoms with Crippen molar-refractivity contribution < 1.29 is 31.9 Å². The van der Waals surface area contributed by atoms with Crippen LogP contribution in [0.4, 0.5) is 13.2 Å². The molecule has 0 rings (SSSR count). The van der Waals surface area contributed by atoms with E-state index in [1.807, 2.05) is 0 Å². The number of hydrogen-bond donors (Lipinski definition) is 1. The molecule has 0 aromatic rings. The Kier molecular flexibility index (Phi) is 6.54. The van der Waals surface area contributed by atoms with E-state index >= 15 is 0 Å². The molecule has 0 amide bonds. The molecule has 0 saturated heterocycles. The lowest BCUT2D eigenvalue weighted by molar-refractivity contribution is -0.190. The van der Waals surface area contributed by atoms with E-state index in [0.29, 0.717) is 6.42 Å². The first-order valence-corrected chi connectivity index (χ1v) is 6.81. The van der Waals surface area contributed by atoms with Crippen LogP contribution in [0, 0.1) is 5.92 Å². The van der Waals surface area contributed by atoms with Crippen LogP contribution in [-0.4, -0.2) is 22.5 Å². The van der Waals surface area contributed by atoms with Crippen LogP contribution < -0.4 is 0 Å². The molecule has 0 aromatic heterocycles. The Hall–Kier alpha value is -0.390. The molecule has 0 aliphatic rings. The number of ketones is 1. The molecule has 2 atom stereocenters. The molecule has 4 nitrogen and oxygen atoms in total. The Morgan fingerprint density at radius 1 is 1.39 bits per heavy atom. The van der Waals surface area contributed by atoms with E-state index in [-0.39, 0.29) is 12.8 Å². The van der Waals surface area contributed by atoms with Crippen molar-refractivity contribution >= 4 is 14.0 Å². The maximum absolute atomic E-state index is 12.8. The van der Waals surface area contributed by atoms with E-state index in [2.05, 4.69) is 4.52 Å². The fraction of sp³-hybridized carbons (Fsp3) is 0.900. The van der Waals surface area contributed by atoms with Gasteiger partial charge >= 0.3 is 14.4 Å². The minimum Gasteiger partial charge on any atom is -0.326 e. The molecule has 2 unspecified atom stereocenters. The van der Waals surface area contributed by atoms with Gasteiger partial charge < -0.3 is 4.89 Å². The second-order valence-electron chi connectivity index (χ2n) is 4.48. The Morgan fingerprint density at radius 2 is 1.89 bits per heavy atom. The molecule has 1 N–H and O–H groups in total. The molecule has 0 aliphatic carbocycles. The maximum Gasteiger partial charge on any atom is 0.398 e. The highest BCUT2D eigenvalue weighted by atomic mass is 31.1. The van der Waals surface area contributed by atoms with Crippen molar-refractivity contribution in [2.45, 2.75) is 51.8 Å². The zero-order valence-corrected chi connectivity index (χ0v) is 11.5. The molecule has 0 radical (unpaired) electrons. The average molecular weight is 290 g/mol. The molecule has 0 saturated carbocycles. The molecular formula is C10H18F3O4P. The van der Waals surface area contributed by atoms with E-state index in [4.69, 9.17) is 4.89 Å². The first-order valence-electron chi connectivity index (χ1n) is 5.55. The molecule has 108 valence electrons. The normalized spacial score (nSPS) is 16.4. The van der Waals surface area contributed by atoms with Gasteiger partial charge in [0.2, 0.25) is 0 Å². The molecule has 18 heavy (non-hydrogen) atoms. The van der Waals surface area contributed by atoms with Gasteiger partial charge in [-0.2, -0.15) is 13.2 Å². The smallest absolute Gasteiger partial charge is 0.326 e. The van der Waals surface area contributed by atoms with Crippen molar-refractivity contribution in [3.8, 4) is 0 Å². The van der Waals surface area contributed by atoms with E-state index in [0.717, 1.165) is 13.8 Å². The van der Waals surface area contributed by atoms with Gasteiger partial charge in [-0.1, -0.05) is 19.8 Å². The van der Waals surface area contributed by atoms with Gasteiger partial charge in [-0.25, -0.2) is 0 Å². The molecule has 0 fully saturated rings. The van der Waals surface area contributed by atoms with Crippen LogP contribution in [0.15, 0.2) is 0 Å². The lowest BCUT2D eigenvalue weighted by atomic mass is 9.87. The van der Waals surface area contributed by atoms with Gasteiger partial charge in [0.15, 0.2) is 5.78 Å². The number of unbranched alkanes of at least 4 members (excludes halogenated alkanes) is 1. The van der Waals surface area contributed by atoms with Crippen LogP contribution in [0.2, 0.25) is 0 Å². The van der Waals surface area contributed by atoms with E-state index < -0.39 is 31.7 Å². The van der Waals surface area contributed by atoms with Crippen molar-refractivity contribution in [2.24, 2.45) is 5.92 Å². The van der Waals surface area contributed by atoms with Crippen LogP contribution in [0.3, 0.4) is 0 Å². The summed E-state index contributed by atoms with van der Waals surface area (Å²) in [4.78, 5) is 20.4. The monoisotopic (exact) mass is 290 g/mol. The molecule has 0 aromatic carbocycles. The fourth-order valence-corrected chi connectivity index (χ4v) is 2.08. The lowest BCUT2D eigenvalue weighted by Crippen LogP contribution is -2.44. The second kappa shape index (κ2) is 6.68. The Balaban J connectivity index is 5.00. The number of carbonyl (C=O) groups is 1. The molecule has 0 heterocycles. The topological polar surface area (TPSA) is 63.6 Å². The van der Waals surface area contributed by atoms with Crippen LogP contribution in [0.5, 0.6) is 0 Å². The molecular weight excluding hydrogens is 272 g/mol. The third-order valence-corrected chi connectivity index (χ3v) is 3.18. The van der Waals surface area contributed by atoms with Gasteiger partial charge in [0.25, 0.3) is 0 Å². The predicted molar refractivity (Wildman–Crippen MR) is 60.5 cm³/mol. The lowest BCUT2D eigenvalue weighted by Gasteiger charge is -2.28. The van der Waals surface area contributed by atoms with Crippen molar-refractivity contribution in [3.63, 3.8) is 0 Å². The van der Waals surface area contributed by atoms with Crippen molar-refractivity contribution in [1.82, 2.24) is 0 Å². The predicted octanol–water partition coefficient (Wildman–Crippen LogP) is 3.10. The first kappa shape index (κ1) is 17.6. The summed E-state index contributed by atoms with van der Waals surface area (Å²) >= 11 is 0. The zero-order valence-electron chi connectivity index (χ0n) is 10.5. The SMILES string of the molecule is CCCCC(C(=O)C(C)(C)O[PH](=O)O)C(F)(F)F. The molecule has 8 heteroatoms. The third-order valence-electron chi connectivity index (χ3n) is 2.49. The minimum atomic E-state index is -4.67. The summed E-state index contributed by atoms with van der Waals surface area (Å²) in [5, 5.41) is 0. The highest BCUT2D eigenvalue weighted by molar-refractivity contribution is 7.32. The number of halogens is 3. The summed E-state index contributed by atoms with van der Waals surface area (Å²) in [6, 6.07) is 0. The van der Waals surface area contributed by atoms with Crippen LogP contribution in [-0.2, 0) is 13.9 Å². The number of carbonyl (C=O) groups excluding carboxylic acids is 1. The number of hydrogen-bond acceptors (Lipinski definition) is 3. The largest absolute Gasteiger partial charge is 0.398 e. The van der Waals surface area contributed by atoms with E-state index in [1.165, 1.54) is 0 Å². The van der Waals surface area contributed by atoms with E-state index in [1.54, 1.807) is 6.92 Å². The van der Waals surface area contributed by atoms with Crippen molar-refractivity contribution in [2.75, 3.05) is 0 Å². The molecule has 0 aliphatic heterocycles. The van der Waals surface area contributed by atoms with Crippen LogP contribution in [0.1, 0.15) is 40.0 Å². The summed E-state index contributed by atoms with van der Waals surface area (Å²) in [6.07, 6.45) is -4.23. The quantitative estimate of drug-likeness (QED) is 0.732. The van der Waals surface area contributed by atoms with Gasteiger partial charge in [0.05, 0.1) is 0 Å². The zero-order chi connectivity index (χ0) is 14.6. The third kappa shape index (κ3) is 5.50. The molecule has 0 spiro atoms. The number of rotatable bonds is 7. The summed E-state index contributed by atoms with van der Waals surface area (Å²) < 4.78 is 53.2. The highest BCUT2D eigenvalue weighted by Gasteiger charge is 2.49. The van der Waals surface area contributed by atoms with Gasteiger partial charge in [0.1, 0.15) is 11.5 Å². The van der Waals surface area contributed by atoms with Gasteiger partial charge in [0, 0.05) is 0 Å².